The summed E-state index contributed by atoms with van der Waals surface area (Å²) in [5.41, 5.74) is 0. The Hall–Kier alpha value is -0.160. The lowest BCUT2D eigenvalue weighted by Gasteiger charge is -2.39. The standard InChI is InChI=1S/C18H36N4/c1-19-7-3-17(4-8-19)15-21-9-5-18(6-10-21)16-22-13-11-20(2)12-14-22/h17-18H,3-16H2,1-2H3. The fourth-order valence-corrected chi connectivity index (χ4v) is 4.36. The fraction of sp³-hybridized carbons (Fsp3) is 1.00. The van der Waals surface area contributed by atoms with E-state index in [1.54, 1.807) is 0 Å². The van der Waals surface area contributed by atoms with E-state index in [1.807, 2.05) is 0 Å². The van der Waals surface area contributed by atoms with E-state index in [1.165, 1.54) is 91.1 Å². The molecule has 3 aliphatic rings. The largest absolute Gasteiger partial charge is 0.306 e. The molecule has 0 aromatic heterocycles. The number of likely N-dealkylation sites (N-methyl/N-ethyl adjacent to an activating group) is 1. The first-order valence-electron chi connectivity index (χ1n) is 9.51. The third-order valence-electron chi connectivity index (χ3n) is 6.17. The van der Waals surface area contributed by atoms with Gasteiger partial charge in [0.2, 0.25) is 0 Å². The van der Waals surface area contributed by atoms with E-state index in [0.29, 0.717) is 0 Å². The molecule has 0 N–H and O–H groups in total. The quantitative estimate of drug-likeness (QED) is 0.776. The summed E-state index contributed by atoms with van der Waals surface area (Å²) in [4.78, 5) is 10.4. The normalized spacial score (nSPS) is 29.2. The first-order chi connectivity index (χ1) is 10.7. The lowest BCUT2D eigenvalue weighted by molar-refractivity contribution is 0.0920. The highest BCUT2D eigenvalue weighted by Crippen LogP contribution is 2.23. The van der Waals surface area contributed by atoms with Crippen molar-refractivity contribution in [1.82, 2.24) is 19.6 Å². The molecule has 0 amide bonds. The first kappa shape index (κ1) is 16.7. The van der Waals surface area contributed by atoms with Crippen LogP contribution < -0.4 is 0 Å². The molecule has 3 fully saturated rings. The molecule has 0 atom stereocenters. The maximum Gasteiger partial charge on any atom is 0.0110 e. The Morgan fingerprint density at radius 2 is 0.955 bits per heavy atom. The Labute approximate surface area is 137 Å². The zero-order valence-electron chi connectivity index (χ0n) is 14.8. The number of hydrogen-bond donors (Lipinski definition) is 0. The number of likely N-dealkylation sites (tertiary alicyclic amines) is 2. The molecule has 0 unspecified atom stereocenters. The molecular weight excluding hydrogens is 272 g/mol. The molecule has 4 heteroatoms. The highest BCUT2D eigenvalue weighted by Gasteiger charge is 2.25. The minimum atomic E-state index is 0.956. The Kier molecular flexibility index (Phi) is 6.14. The molecule has 3 rings (SSSR count). The maximum absolute atomic E-state index is 2.76. The molecule has 0 aromatic carbocycles. The summed E-state index contributed by atoms with van der Waals surface area (Å²) in [6, 6.07) is 0. The van der Waals surface area contributed by atoms with Crippen molar-refractivity contribution in [2.75, 3.05) is 79.5 Å². The van der Waals surface area contributed by atoms with E-state index in [4.69, 9.17) is 0 Å². The van der Waals surface area contributed by atoms with Crippen molar-refractivity contribution >= 4 is 0 Å². The summed E-state index contributed by atoms with van der Waals surface area (Å²) in [6.07, 6.45) is 5.69. The van der Waals surface area contributed by atoms with Gasteiger partial charge >= 0.3 is 0 Å². The smallest absolute Gasteiger partial charge is 0.0110 e. The highest BCUT2D eigenvalue weighted by molar-refractivity contribution is 4.80. The van der Waals surface area contributed by atoms with Gasteiger partial charge in [0, 0.05) is 39.3 Å². The Morgan fingerprint density at radius 3 is 1.50 bits per heavy atom. The molecule has 0 radical (unpaired) electrons. The van der Waals surface area contributed by atoms with Gasteiger partial charge in [-0.25, -0.2) is 0 Å². The fourth-order valence-electron chi connectivity index (χ4n) is 4.36. The van der Waals surface area contributed by atoms with Crippen LogP contribution in [0.4, 0.5) is 0 Å². The third-order valence-corrected chi connectivity index (χ3v) is 6.17. The van der Waals surface area contributed by atoms with Gasteiger partial charge in [0.1, 0.15) is 0 Å². The molecule has 3 saturated heterocycles. The zero-order valence-corrected chi connectivity index (χ0v) is 14.8. The van der Waals surface area contributed by atoms with Gasteiger partial charge in [0.05, 0.1) is 0 Å². The van der Waals surface area contributed by atoms with Crippen molar-refractivity contribution in [1.29, 1.82) is 0 Å². The Bertz CT molecular complexity index is 279. The third kappa shape index (κ3) is 4.92. The second-order valence-corrected chi connectivity index (χ2v) is 8.09. The molecule has 22 heavy (non-hydrogen) atoms. The maximum atomic E-state index is 2.76. The minimum Gasteiger partial charge on any atom is -0.306 e. The van der Waals surface area contributed by atoms with Crippen LogP contribution >= 0.6 is 0 Å². The predicted molar refractivity (Wildman–Crippen MR) is 93.3 cm³/mol. The van der Waals surface area contributed by atoms with E-state index >= 15 is 0 Å². The molecule has 3 heterocycles. The van der Waals surface area contributed by atoms with Gasteiger partial charge in [-0.2, -0.15) is 0 Å². The van der Waals surface area contributed by atoms with Gasteiger partial charge in [0.25, 0.3) is 0 Å². The average Bonchev–Trinajstić information content (AvgIpc) is 2.54. The Morgan fingerprint density at radius 1 is 0.545 bits per heavy atom. The molecule has 128 valence electrons. The van der Waals surface area contributed by atoms with Crippen LogP contribution in [0.2, 0.25) is 0 Å². The highest BCUT2D eigenvalue weighted by atomic mass is 15.2. The molecule has 0 saturated carbocycles. The summed E-state index contributed by atoms with van der Waals surface area (Å²) in [5, 5.41) is 0. The molecule has 4 nitrogen and oxygen atoms in total. The molecule has 0 aliphatic carbocycles. The van der Waals surface area contributed by atoms with E-state index in [9.17, 15) is 0 Å². The predicted octanol–water partition coefficient (Wildman–Crippen LogP) is 1.29. The van der Waals surface area contributed by atoms with Crippen LogP contribution in [-0.2, 0) is 0 Å². The monoisotopic (exact) mass is 308 g/mol. The average molecular weight is 309 g/mol. The number of nitrogens with zero attached hydrogens (tertiary/aromatic N) is 4. The molecule has 0 bridgehead atoms. The number of rotatable bonds is 4. The van der Waals surface area contributed by atoms with E-state index in [0.717, 1.165) is 11.8 Å². The second-order valence-electron chi connectivity index (χ2n) is 8.09. The van der Waals surface area contributed by atoms with Gasteiger partial charge in [-0.1, -0.05) is 0 Å². The number of hydrogen-bond acceptors (Lipinski definition) is 4. The lowest BCUT2D eigenvalue weighted by atomic mass is 9.92. The minimum absolute atomic E-state index is 0.956. The molecule has 0 spiro atoms. The van der Waals surface area contributed by atoms with E-state index in [-0.39, 0.29) is 0 Å². The summed E-state index contributed by atoms with van der Waals surface area (Å²) >= 11 is 0. The van der Waals surface area contributed by atoms with Crippen LogP contribution in [0.5, 0.6) is 0 Å². The van der Waals surface area contributed by atoms with Gasteiger partial charge < -0.3 is 19.6 Å². The number of piperidine rings is 2. The van der Waals surface area contributed by atoms with Crippen molar-refractivity contribution in [2.24, 2.45) is 11.8 Å². The van der Waals surface area contributed by atoms with Gasteiger partial charge in [-0.05, 0) is 77.8 Å². The summed E-state index contributed by atoms with van der Waals surface area (Å²) in [7, 11) is 4.51. The number of piperazine rings is 1. The van der Waals surface area contributed by atoms with Crippen molar-refractivity contribution in [3.05, 3.63) is 0 Å². The zero-order chi connectivity index (χ0) is 15.4. The van der Waals surface area contributed by atoms with Crippen LogP contribution in [0.1, 0.15) is 25.7 Å². The van der Waals surface area contributed by atoms with Crippen LogP contribution in [0, 0.1) is 11.8 Å². The van der Waals surface area contributed by atoms with Gasteiger partial charge in [0.15, 0.2) is 0 Å². The SMILES string of the molecule is CN1CCC(CN2CCC(CN3CCN(C)CC3)CC2)CC1. The Balaban J connectivity index is 1.32. The van der Waals surface area contributed by atoms with Crippen LogP contribution in [-0.4, -0.2) is 99.1 Å². The molecule has 0 aromatic rings. The molecule has 3 aliphatic heterocycles. The summed E-state index contributed by atoms with van der Waals surface area (Å²) in [6.45, 7) is 13.1. The summed E-state index contributed by atoms with van der Waals surface area (Å²) in [5.74, 6) is 1.92. The summed E-state index contributed by atoms with van der Waals surface area (Å²) < 4.78 is 0. The second kappa shape index (κ2) is 8.09. The van der Waals surface area contributed by atoms with Gasteiger partial charge in [-0.15, -0.1) is 0 Å². The topological polar surface area (TPSA) is 13.0 Å². The lowest BCUT2D eigenvalue weighted by Crippen LogP contribution is -2.48. The van der Waals surface area contributed by atoms with Crippen molar-refractivity contribution in [2.45, 2.75) is 25.7 Å². The van der Waals surface area contributed by atoms with Crippen molar-refractivity contribution < 1.29 is 0 Å². The van der Waals surface area contributed by atoms with E-state index in [2.05, 4.69) is 33.7 Å². The van der Waals surface area contributed by atoms with Crippen molar-refractivity contribution in [3.8, 4) is 0 Å². The van der Waals surface area contributed by atoms with Crippen LogP contribution in [0.3, 0.4) is 0 Å². The van der Waals surface area contributed by atoms with Crippen molar-refractivity contribution in [3.63, 3.8) is 0 Å². The van der Waals surface area contributed by atoms with E-state index < -0.39 is 0 Å². The van der Waals surface area contributed by atoms with Crippen LogP contribution in [0.15, 0.2) is 0 Å². The van der Waals surface area contributed by atoms with Crippen LogP contribution in [0.25, 0.3) is 0 Å². The first-order valence-corrected chi connectivity index (χ1v) is 9.51. The molecular formula is C18H36N4. The van der Waals surface area contributed by atoms with Gasteiger partial charge in [-0.3, -0.25) is 0 Å².